The van der Waals surface area contributed by atoms with Crippen molar-refractivity contribution in [2.24, 2.45) is 11.7 Å². The summed E-state index contributed by atoms with van der Waals surface area (Å²) in [6.45, 7) is 3.25. The number of nitrogens with two attached hydrogens (primary N) is 1. The van der Waals surface area contributed by atoms with Crippen molar-refractivity contribution in [1.82, 2.24) is 9.97 Å². The smallest absolute Gasteiger partial charge is 0.319 e. The lowest BCUT2D eigenvalue weighted by Crippen LogP contribution is -2.38. The van der Waals surface area contributed by atoms with Crippen LogP contribution in [0.15, 0.2) is 12.3 Å². The topological polar surface area (TPSA) is 70.3 Å². The first-order valence-corrected chi connectivity index (χ1v) is 5.64. The number of nitrogens with zero attached hydrogens (tertiary/aromatic N) is 2. The molecule has 5 nitrogen and oxygen atoms in total. The number of hydrogen-bond acceptors (Lipinski definition) is 5. The molecule has 0 aromatic carbocycles. The van der Waals surface area contributed by atoms with Crippen LogP contribution in [-0.4, -0.2) is 29.2 Å². The predicted molar refractivity (Wildman–Crippen MR) is 59.4 cm³/mol. The van der Waals surface area contributed by atoms with Crippen LogP contribution in [0.3, 0.4) is 0 Å². The van der Waals surface area contributed by atoms with Gasteiger partial charge in [0.2, 0.25) is 5.88 Å². The first kappa shape index (κ1) is 11.1. The Labute approximate surface area is 95.0 Å². The van der Waals surface area contributed by atoms with Gasteiger partial charge in [0.25, 0.3) is 0 Å². The molecular weight excluding hydrogens is 206 g/mol. The van der Waals surface area contributed by atoms with Crippen LogP contribution in [0.1, 0.15) is 19.8 Å². The lowest BCUT2D eigenvalue weighted by atomic mass is 9.82. The second kappa shape index (κ2) is 5.12. The summed E-state index contributed by atoms with van der Waals surface area (Å²) in [6.07, 6.45) is 3.86. The Kier molecular flexibility index (Phi) is 3.56. The van der Waals surface area contributed by atoms with E-state index in [0.29, 0.717) is 24.4 Å². The zero-order valence-corrected chi connectivity index (χ0v) is 9.43. The number of aromatic nitrogens is 2. The molecule has 1 fully saturated rings. The standard InChI is InChI=1S/C11H17N3O2/c1-2-15-10-3-4-13-11(14-10)16-9-5-8(6-9)7-12/h3-4,8-9H,2,5-7,12H2,1H3. The Bertz CT molecular complexity index is 340. The van der Waals surface area contributed by atoms with Gasteiger partial charge in [-0.2, -0.15) is 4.98 Å². The Hall–Kier alpha value is -1.36. The van der Waals surface area contributed by atoms with E-state index in [4.69, 9.17) is 15.2 Å². The van der Waals surface area contributed by atoms with Crippen LogP contribution in [0, 0.1) is 5.92 Å². The first-order valence-electron chi connectivity index (χ1n) is 5.64. The van der Waals surface area contributed by atoms with Crippen LogP contribution >= 0.6 is 0 Å². The van der Waals surface area contributed by atoms with Gasteiger partial charge in [-0.25, -0.2) is 4.98 Å². The number of ether oxygens (including phenoxy) is 2. The summed E-state index contributed by atoms with van der Waals surface area (Å²) in [5.74, 6) is 1.15. The molecule has 0 amide bonds. The third-order valence-corrected chi connectivity index (χ3v) is 2.70. The molecule has 0 saturated heterocycles. The molecule has 1 saturated carbocycles. The fourth-order valence-electron chi connectivity index (χ4n) is 1.72. The summed E-state index contributed by atoms with van der Waals surface area (Å²) in [5, 5.41) is 0. The fourth-order valence-corrected chi connectivity index (χ4v) is 1.72. The third kappa shape index (κ3) is 2.61. The Balaban J connectivity index is 1.87. The van der Waals surface area contributed by atoms with Crippen molar-refractivity contribution >= 4 is 0 Å². The first-order chi connectivity index (χ1) is 7.81. The van der Waals surface area contributed by atoms with Crippen molar-refractivity contribution in [3.63, 3.8) is 0 Å². The minimum atomic E-state index is 0.213. The lowest BCUT2D eigenvalue weighted by molar-refractivity contribution is 0.0596. The second-order valence-electron chi connectivity index (χ2n) is 3.92. The highest BCUT2D eigenvalue weighted by atomic mass is 16.5. The lowest BCUT2D eigenvalue weighted by Gasteiger charge is -2.33. The highest BCUT2D eigenvalue weighted by Gasteiger charge is 2.30. The highest BCUT2D eigenvalue weighted by Crippen LogP contribution is 2.29. The van der Waals surface area contributed by atoms with Gasteiger partial charge in [0, 0.05) is 12.3 Å². The molecule has 0 spiro atoms. The Morgan fingerprint density at radius 2 is 2.31 bits per heavy atom. The summed E-state index contributed by atoms with van der Waals surface area (Å²) in [6, 6.07) is 2.12. The average molecular weight is 223 g/mol. The minimum absolute atomic E-state index is 0.213. The molecule has 0 radical (unpaired) electrons. The van der Waals surface area contributed by atoms with Crippen LogP contribution in [0.5, 0.6) is 11.9 Å². The minimum Gasteiger partial charge on any atom is -0.478 e. The van der Waals surface area contributed by atoms with Crippen LogP contribution in [-0.2, 0) is 0 Å². The van der Waals surface area contributed by atoms with Crippen LogP contribution in [0.25, 0.3) is 0 Å². The van der Waals surface area contributed by atoms with Crippen molar-refractivity contribution in [3.8, 4) is 11.9 Å². The molecule has 2 rings (SSSR count). The summed E-state index contributed by atoms with van der Waals surface area (Å²) >= 11 is 0. The van der Waals surface area contributed by atoms with Crippen molar-refractivity contribution in [2.45, 2.75) is 25.9 Å². The molecule has 5 heteroatoms. The van der Waals surface area contributed by atoms with Gasteiger partial charge in [-0.05, 0) is 32.2 Å². The van der Waals surface area contributed by atoms with E-state index in [1.165, 1.54) is 0 Å². The SMILES string of the molecule is CCOc1ccnc(OC2CC(CN)C2)n1. The van der Waals surface area contributed by atoms with Crippen molar-refractivity contribution < 1.29 is 9.47 Å². The van der Waals surface area contributed by atoms with E-state index in [0.717, 1.165) is 19.4 Å². The zero-order valence-electron chi connectivity index (χ0n) is 9.43. The van der Waals surface area contributed by atoms with Gasteiger partial charge in [0.1, 0.15) is 6.10 Å². The summed E-state index contributed by atoms with van der Waals surface area (Å²) in [5.41, 5.74) is 5.55. The molecule has 0 atom stereocenters. The Morgan fingerprint density at radius 1 is 1.50 bits per heavy atom. The second-order valence-corrected chi connectivity index (χ2v) is 3.92. The molecule has 0 aliphatic heterocycles. The number of rotatable bonds is 5. The van der Waals surface area contributed by atoms with E-state index in [-0.39, 0.29) is 6.10 Å². The molecule has 1 aliphatic rings. The van der Waals surface area contributed by atoms with Crippen LogP contribution in [0.2, 0.25) is 0 Å². The van der Waals surface area contributed by atoms with Crippen LogP contribution < -0.4 is 15.2 Å². The third-order valence-electron chi connectivity index (χ3n) is 2.70. The Morgan fingerprint density at radius 3 is 3.00 bits per heavy atom. The largest absolute Gasteiger partial charge is 0.478 e. The van der Waals surface area contributed by atoms with Gasteiger partial charge in [-0.1, -0.05) is 0 Å². The van der Waals surface area contributed by atoms with Gasteiger partial charge in [-0.3, -0.25) is 0 Å². The molecule has 1 aromatic heterocycles. The van der Waals surface area contributed by atoms with Crippen molar-refractivity contribution in [3.05, 3.63) is 12.3 Å². The van der Waals surface area contributed by atoms with E-state index in [1.54, 1.807) is 12.3 Å². The van der Waals surface area contributed by atoms with E-state index >= 15 is 0 Å². The zero-order chi connectivity index (χ0) is 11.4. The van der Waals surface area contributed by atoms with Crippen molar-refractivity contribution in [1.29, 1.82) is 0 Å². The number of hydrogen-bond donors (Lipinski definition) is 1. The molecule has 88 valence electrons. The molecule has 1 aromatic rings. The highest BCUT2D eigenvalue weighted by molar-refractivity contribution is 5.11. The predicted octanol–water partition coefficient (Wildman–Crippen LogP) is 0.991. The summed E-state index contributed by atoms with van der Waals surface area (Å²) in [7, 11) is 0. The van der Waals surface area contributed by atoms with Gasteiger partial charge < -0.3 is 15.2 Å². The van der Waals surface area contributed by atoms with Gasteiger partial charge in [0.05, 0.1) is 6.61 Å². The fraction of sp³-hybridized carbons (Fsp3) is 0.636. The van der Waals surface area contributed by atoms with E-state index < -0.39 is 0 Å². The normalized spacial score (nSPS) is 23.6. The maximum atomic E-state index is 5.61. The average Bonchev–Trinajstić information content (AvgIpc) is 2.24. The molecular formula is C11H17N3O2. The maximum Gasteiger partial charge on any atom is 0.319 e. The van der Waals surface area contributed by atoms with Gasteiger partial charge >= 0.3 is 6.01 Å². The quantitative estimate of drug-likeness (QED) is 0.806. The van der Waals surface area contributed by atoms with E-state index in [2.05, 4.69) is 9.97 Å². The summed E-state index contributed by atoms with van der Waals surface area (Å²) in [4.78, 5) is 8.20. The van der Waals surface area contributed by atoms with Gasteiger partial charge in [-0.15, -0.1) is 0 Å². The van der Waals surface area contributed by atoms with Gasteiger partial charge in [0.15, 0.2) is 0 Å². The maximum absolute atomic E-state index is 5.61. The molecule has 16 heavy (non-hydrogen) atoms. The molecule has 0 bridgehead atoms. The summed E-state index contributed by atoms with van der Waals surface area (Å²) < 4.78 is 10.9. The molecule has 2 N–H and O–H groups in total. The molecule has 1 aliphatic carbocycles. The molecule has 0 unspecified atom stereocenters. The van der Waals surface area contributed by atoms with E-state index in [9.17, 15) is 0 Å². The van der Waals surface area contributed by atoms with E-state index in [1.807, 2.05) is 6.92 Å². The van der Waals surface area contributed by atoms with Crippen LogP contribution in [0.4, 0.5) is 0 Å². The van der Waals surface area contributed by atoms with Crippen molar-refractivity contribution in [2.75, 3.05) is 13.2 Å². The molecule has 1 heterocycles. The monoisotopic (exact) mass is 223 g/mol.